The van der Waals surface area contributed by atoms with Crippen molar-refractivity contribution in [2.75, 3.05) is 13.2 Å². The SMILES string of the molecule is CCOCCCCCCCCCCCCCCCCc1ccccc1O. The molecule has 0 aromatic heterocycles. The van der Waals surface area contributed by atoms with Crippen LogP contribution in [0.4, 0.5) is 0 Å². The van der Waals surface area contributed by atoms with Crippen LogP contribution < -0.4 is 0 Å². The van der Waals surface area contributed by atoms with Crippen LogP contribution in [0.25, 0.3) is 0 Å². The summed E-state index contributed by atoms with van der Waals surface area (Å²) in [5.74, 6) is 0.456. The van der Waals surface area contributed by atoms with E-state index in [-0.39, 0.29) is 0 Å². The number of phenolic OH excluding ortho intramolecular Hbond substituents is 1. The van der Waals surface area contributed by atoms with Gasteiger partial charge in [0.15, 0.2) is 0 Å². The highest BCUT2D eigenvalue weighted by Crippen LogP contribution is 2.19. The quantitative estimate of drug-likeness (QED) is 0.275. The topological polar surface area (TPSA) is 29.5 Å². The first-order valence-electron chi connectivity index (χ1n) is 11.2. The average Bonchev–Trinajstić information content (AvgIpc) is 2.65. The van der Waals surface area contributed by atoms with Crippen LogP contribution in [0.3, 0.4) is 0 Å². The predicted molar refractivity (Wildman–Crippen MR) is 113 cm³/mol. The molecule has 0 amide bonds. The zero-order chi connectivity index (χ0) is 18.7. The van der Waals surface area contributed by atoms with E-state index in [0.29, 0.717) is 5.75 Å². The van der Waals surface area contributed by atoms with E-state index >= 15 is 0 Å². The maximum Gasteiger partial charge on any atom is 0.118 e. The van der Waals surface area contributed by atoms with Crippen molar-refractivity contribution in [3.05, 3.63) is 29.8 Å². The number of hydrogen-bond acceptors (Lipinski definition) is 2. The molecular weight excluding hydrogens is 320 g/mol. The third-order valence-corrected chi connectivity index (χ3v) is 5.18. The van der Waals surface area contributed by atoms with Crippen molar-refractivity contribution in [1.29, 1.82) is 0 Å². The minimum Gasteiger partial charge on any atom is -0.508 e. The van der Waals surface area contributed by atoms with Gasteiger partial charge in [-0.1, -0.05) is 95.2 Å². The molecule has 0 bridgehead atoms. The minimum atomic E-state index is 0.456. The fourth-order valence-electron chi connectivity index (χ4n) is 3.51. The Morgan fingerprint density at radius 1 is 0.654 bits per heavy atom. The van der Waals surface area contributed by atoms with Gasteiger partial charge in [0, 0.05) is 13.2 Å². The van der Waals surface area contributed by atoms with E-state index in [0.717, 1.165) is 25.2 Å². The maximum atomic E-state index is 9.74. The molecule has 2 nitrogen and oxygen atoms in total. The lowest BCUT2D eigenvalue weighted by Gasteiger charge is -2.05. The maximum absolute atomic E-state index is 9.74. The number of phenols is 1. The molecule has 0 heterocycles. The van der Waals surface area contributed by atoms with E-state index in [9.17, 15) is 5.11 Å². The van der Waals surface area contributed by atoms with E-state index in [2.05, 4.69) is 6.92 Å². The summed E-state index contributed by atoms with van der Waals surface area (Å²) < 4.78 is 5.36. The Kier molecular flexibility index (Phi) is 15.4. The van der Waals surface area contributed by atoms with Crippen LogP contribution in [0, 0.1) is 0 Å². The number of para-hydroxylation sites is 1. The first-order chi connectivity index (χ1) is 12.8. The summed E-state index contributed by atoms with van der Waals surface area (Å²) >= 11 is 0. The molecule has 0 aliphatic rings. The predicted octanol–water partition coefficient (Wildman–Crippen LogP) is 7.43. The molecule has 0 aliphatic heterocycles. The van der Waals surface area contributed by atoms with Gasteiger partial charge < -0.3 is 9.84 Å². The molecule has 0 saturated heterocycles. The van der Waals surface area contributed by atoms with E-state index in [1.165, 1.54) is 89.9 Å². The second-order valence-corrected chi connectivity index (χ2v) is 7.53. The Hall–Kier alpha value is -1.02. The van der Waals surface area contributed by atoms with Crippen LogP contribution >= 0.6 is 0 Å². The summed E-state index contributed by atoms with van der Waals surface area (Å²) in [4.78, 5) is 0. The molecule has 150 valence electrons. The molecule has 0 radical (unpaired) electrons. The third-order valence-electron chi connectivity index (χ3n) is 5.18. The number of aryl methyl sites for hydroxylation is 1. The van der Waals surface area contributed by atoms with Crippen LogP contribution in [0.15, 0.2) is 24.3 Å². The molecule has 1 aromatic rings. The van der Waals surface area contributed by atoms with Crippen molar-refractivity contribution in [1.82, 2.24) is 0 Å². The highest BCUT2D eigenvalue weighted by atomic mass is 16.5. The summed E-state index contributed by atoms with van der Waals surface area (Å²) in [5, 5.41) is 9.74. The van der Waals surface area contributed by atoms with Gasteiger partial charge in [-0.15, -0.1) is 0 Å². The Labute approximate surface area is 162 Å². The van der Waals surface area contributed by atoms with Gasteiger partial charge in [0.05, 0.1) is 0 Å². The van der Waals surface area contributed by atoms with Crippen molar-refractivity contribution in [2.24, 2.45) is 0 Å². The minimum absolute atomic E-state index is 0.456. The molecule has 1 N–H and O–H groups in total. The van der Waals surface area contributed by atoms with Crippen LogP contribution in [0.2, 0.25) is 0 Å². The fraction of sp³-hybridized carbons (Fsp3) is 0.750. The Morgan fingerprint density at radius 3 is 1.62 bits per heavy atom. The first kappa shape index (κ1) is 23.0. The van der Waals surface area contributed by atoms with Gasteiger partial charge in [-0.25, -0.2) is 0 Å². The van der Waals surface area contributed by atoms with Crippen molar-refractivity contribution < 1.29 is 9.84 Å². The normalized spacial score (nSPS) is 11.1. The lowest BCUT2D eigenvalue weighted by Crippen LogP contribution is -1.92. The average molecular weight is 363 g/mol. The Balaban J connectivity index is 1.74. The van der Waals surface area contributed by atoms with Gasteiger partial charge in [0.2, 0.25) is 0 Å². The monoisotopic (exact) mass is 362 g/mol. The lowest BCUT2D eigenvalue weighted by molar-refractivity contribution is 0.143. The van der Waals surface area contributed by atoms with Gasteiger partial charge in [0.25, 0.3) is 0 Å². The summed E-state index contributed by atoms with van der Waals surface area (Å²) in [6, 6.07) is 7.73. The largest absolute Gasteiger partial charge is 0.508 e. The van der Waals surface area contributed by atoms with Crippen LogP contribution in [-0.4, -0.2) is 18.3 Å². The molecule has 0 unspecified atom stereocenters. The van der Waals surface area contributed by atoms with E-state index < -0.39 is 0 Å². The number of ether oxygens (including phenoxy) is 1. The molecular formula is C24H42O2. The van der Waals surface area contributed by atoms with E-state index in [1.54, 1.807) is 6.07 Å². The number of rotatable bonds is 18. The number of benzene rings is 1. The lowest BCUT2D eigenvalue weighted by atomic mass is 10.0. The molecule has 1 aromatic carbocycles. The number of hydrogen-bond donors (Lipinski definition) is 1. The van der Waals surface area contributed by atoms with E-state index in [4.69, 9.17) is 4.74 Å². The summed E-state index contributed by atoms with van der Waals surface area (Å²) in [7, 11) is 0. The highest BCUT2D eigenvalue weighted by Gasteiger charge is 1.99. The van der Waals surface area contributed by atoms with E-state index in [1.807, 2.05) is 18.2 Å². The molecule has 2 heteroatoms. The highest BCUT2D eigenvalue weighted by molar-refractivity contribution is 5.31. The summed E-state index contributed by atoms with van der Waals surface area (Å²) in [6.07, 6.45) is 20.1. The molecule has 0 aliphatic carbocycles. The molecule has 26 heavy (non-hydrogen) atoms. The summed E-state index contributed by atoms with van der Waals surface area (Å²) in [5.41, 5.74) is 1.10. The Morgan fingerprint density at radius 2 is 1.12 bits per heavy atom. The van der Waals surface area contributed by atoms with Crippen LogP contribution in [0.1, 0.15) is 102 Å². The van der Waals surface area contributed by atoms with Crippen molar-refractivity contribution in [3.63, 3.8) is 0 Å². The van der Waals surface area contributed by atoms with Gasteiger partial charge in [-0.05, 0) is 37.8 Å². The first-order valence-corrected chi connectivity index (χ1v) is 11.2. The van der Waals surface area contributed by atoms with Gasteiger partial charge in [0.1, 0.15) is 5.75 Å². The Bertz CT molecular complexity index is 416. The smallest absolute Gasteiger partial charge is 0.118 e. The second-order valence-electron chi connectivity index (χ2n) is 7.53. The molecule has 1 rings (SSSR count). The van der Waals surface area contributed by atoms with Gasteiger partial charge >= 0.3 is 0 Å². The molecule has 0 saturated carbocycles. The number of aromatic hydroxyl groups is 1. The molecule has 0 fully saturated rings. The third kappa shape index (κ3) is 13.2. The van der Waals surface area contributed by atoms with Crippen molar-refractivity contribution >= 4 is 0 Å². The fourth-order valence-corrected chi connectivity index (χ4v) is 3.51. The number of unbranched alkanes of at least 4 members (excludes halogenated alkanes) is 13. The zero-order valence-corrected chi connectivity index (χ0v) is 17.2. The van der Waals surface area contributed by atoms with Gasteiger partial charge in [-0.2, -0.15) is 0 Å². The van der Waals surface area contributed by atoms with Crippen molar-refractivity contribution in [3.8, 4) is 5.75 Å². The second kappa shape index (κ2) is 17.4. The van der Waals surface area contributed by atoms with Crippen LogP contribution in [0.5, 0.6) is 5.75 Å². The van der Waals surface area contributed by atoms with Gasteiger partial charge in [-0.3, -0.25) is 0 Å². The molecule has 0 atom stereocenters. The van der Waals surface area contributed by atoms with Crippen molar-refractivity contribution in [2.45, 2.75) is 103 Å². The molecule has 0 spiro atoms. The standard InChI is InChI=1S/C24H42O2/c1-2-26-22-18-14-12-10-8-6-4-3-5-7-9-11-13-15-19-23-20-16-17-21-24(23)25/h16-17,20-21,25H,2-15,18-19,22H2,1H3. The van der Waals surface area contributed by atoms with Crippen LogP contribution in [-0.2, 0) is 11.2 Å². The zero-order valence-electron chi connectivity index (χ0n) is 17.2. The summed E-state index contributed by atoms with van der Waals surface area (Å²) in [6.45, 7) is 3.88.